The fourth-order valence-electron chi connectivity index (χ4n) is 1.57. The Morgan fingerprint density at radius 1 is 1.44 bits per heavy atom. The lowest BCUT2D eigenvalue weighted by Crippen LogP contribution is -2.32. The number of aromatic nitrogens is 2. The van der Waals surface area contributed by atoms with Gasteiger partial charge >= 0.3 is 0 Å². The molecule has 2 aromatic heterocycles. The second-order valence-corrected chi connectivity index (χ2v) is 5.14. The average molecular weight is 235 g/mol. The third kappa shape index (κ3) is 2.93. The van der Waals surface area contributed by atoms with Crippen molar-refractivity contribution in [3.05, 3.63) is 40.8 Å². The molecule has 4 heteroatoms. The molecular weight excluding hydrogens is 218 g/mol. The molecule has 0 atom stereocenters. The highest BCUT2D eigenvalue weighted by Crippen LogP contribution is 2.14. The van der Waals surface area contributed by atoms with Gasteiger partial charge in [0.15, 0.2) is 0 Å². The van der Waals surface area contributed by atoms with E-state index in [1.165, 1.54) is 4.88 Å². The predicted molar refractivity (Wildman–Crippen MR) is 67.2 cm³/mol. The van der Waals surface area contributed by atoms with Gasteiger partial charge in [0, 0.05) is 29.9 Å². The Morgan fingerprint density at radius 2 is 2.31 bits per heavy atom. The Bertz CT molecular complexity index is 356. The largest absolute Gasteiger partial charge is 0.277 e. The van der Waals surface area contributed by atoms with Crippen molar-refractivity contribution in [1.82, 2.24) is 14.7 Å². The summed E-state index contributed by atoms with van der Waals surface area (Å²) in [5.41, 5.74) is 0. The zero-order valence-corrected chi connectivity index (χ0v) is 10.5. The summed E-state index contributed by atoms with van der Waals surface area (Å²) in [7, 11) is 0. The molecule has 0 fully saturated rings. The van der Waals surface area contributed by atoms with Crippen LogP contribution in [0.15, 0.2) is 36.0 Å². The van der Waals surface area contributed by atoms with Gasteiger partial charge in [0.05, 0.1) is 6.67 Å². The summed E-state index contributed by atoms with van der Waals surface area (Å²) in [5, 5.41) is 6.37. The van der Waals surface area contributed by atoms with Crippen molar-refractivity contribution in [1.29, 1.82) is 0 Å². The Hall–Kier alpha value is -1.13. The average Bonchev–Trinajstić information content (AvgIpc) is 2.88. The second-order valence-electron chi connectivity index (χ2n) is 4.11. The standard InChI is InChI=1S/C12H17N3S/c1-11(2)14(9-12-5-3-8-16-12)10-15-7-4-6-13-15/h3-8,11H,9-10H2,1-2H3. The lowest BCUT2D eigenvalue weighted by molar-refractivity contribution is 0.156. The van der Waals surface area contributed by atoms with Crippen molar-refractivity contribution in [2.45, 2.75) is 33.1 Å². The van der Waals surface area contributed by atoms with E-state index in [0.29, 0.717) is 6.04 Å². The first-order valence-electron chi connectivity index (χ1n) is 5.49. The molecule has 0 aliphatic rings. The lowest BCUT2D eigenvalue weighted by atomic mass is 10.3. The van der Waals surface area contributed by atoms with Crippen molar-refractivity contribution in [3.63, 3.8) is 0 Å². The molecule has 2 rings (SSSR count). The van der Waals surface area contributed by atoms with Crippen molar-refractivity contribution < 1.29 is 0 Å². The molecule has 0 unspecified atom stereocenters. The molecule has 0 spiro atoms. The Morgan fingerprint density at radius 3 is 2.88 bits per heavy atom. The Labute approximate surface area is 100 Å². The van der Waals surface area contributed by atoms with E-state index in [-0.39, 0.29) is 0 Å². The van der Waals surface area contributed by atoms with E-state index in [9.17, 15) is 0 Å². The van der Waals surface area contributed by atoms with E-state index in [4.69, 9.17) is 0 Å². The number of hydrogen-bond acceptors (Lipinski definition) is 3. The third-order valence-electron chi connectivity index (χ3n) is 2.56. The number of thiophene rings is 1. The van der Waals surface area contributed by atoms with E-state index in [2.05, 4.69) is 41.4 Å². The summed E-state index contributed by atoms with van der Waals surface area (Å²) in [5.74, 6) is 0. The van der Waals surface area contributed by atoms with Crippen molar-refractivity contribution in [2.24, 2.45) is 0 Å². The molecule has 0 aliphatic heterocycles. The van der Waals surface area contributed by atoms with Crippen LogP contribution in [0.2, 0.25) is 0 Å². The van der Waals surface area contributed by atoms with E-state index < -0.39 is 0 Å². The molecule has 0 saturated carbocycles. The maximum atomic E-state index is 4.25. The van der Waals surface area contributed by atoms with Gasteiger partial charge in [0.25, 0.3) is 0 Å². The molecule has 0 aliphatic carbocycles. The summed E-state index contributed by atoms with van der Waals surface area (Å²) < 4.78 is 1.97. The highest BCUT2D eigenvalue weighted by atomic mass is 32.1. The maximum absolute atomic E-state index is 4.25. The van der Waals surface area contributed by atoms with Crippen LogP contribution in [0.5, 0.6) is 0 Å². The third-order valence-corrected chi connectivity index (χ3v) is 3.42. The van der Waals surface area contributed by atoms with Crippen molar-refractivity contribution >= 4 is 11.3 Å². The SMILES string of the molecule is CC(C)N(Cc1cccs1)Cn1cccn1. The highest BCUT2D eigenvalue weighted by Gasteiger charge is 2.11. The van der Waals surface area contributed by atoms with Gasteiger partial charge in [-0.2, -0.15) is 5.10 Å². The van der Waals surface area contributed by atoms with Gasteiger partial charge in [-0.05, 0) is 31.4 Å². The quantitative estimate of drug-likeness (QED) is 0.794. The van der Waals surface area contributed by atoms with Crippen LogP contribution in [-0.2, 0) is 13.2 Å². The van der Waals surface area contributed by atoms with Crippen LogP contribution in [0.3, 0.4) is 0 Å². The molecule has 2 heterocycles. The van der Waals surface area contributed by atoms with Gasteiger partial charge in [-0.25, -0.2) is 0 Å². The molecule has 2 aromatic rings. The molecule has 0 bridgehead atoms. The summed E-state index contributed by atoms with van der Waals surface area (Å²) in [4.78, 5) is 3.81. The van der Waals surface area contributed by atoms with Crippen LogP contribution in [0.1, 0.15) is 18.7 Å². The first kappa shape index (κ1) is 11.4. The molecule has 16 heavy (non-hydrogen) atoms. The number of nitrogens with zero attached hydrogens (tertiary/aromatic N) is 3. The van der Waals surface area contributed by atoms with E-state index >= 15 is 0 Å². The van der Waals surface area contributed by atoms with Gasteiger partial charge < -0.3 is 0 Å². The van der Waals surface area contributed by atoms with Crippen molar-refractivity contribution in [3.8, 4) is 0 Å². The molecule has 3 nitrogen and oxygen atoms in total. The first-order chi connectivity index (χ1) is 7.75. The van der Waals surface area contributed by atoms with E-state index in [1.807, 2.05) is 34.5 Å². The number of hydrogen-bond donors (Lipinski definition) is 0. The van der Waals surface area contributed by atoms with Crippen LogP contribution in [0.4, 0.5) is 0 Å². The van der Waals surface area contributed by atoms with Crippen LogP contribution in [0.25, 0.3) is 0 Å². The molecule has 0 radical (unpaired) electrons. The van der Waals surface area contributed by atoms with Gasteiger partial charge in [0.2, 0.25) is 0 Å². The minimum atomic E-state index is 0.520. The Balaban J connectivity index is 2.00. The van der Waals surface area contributed by atoms with Gasteiger partial charge in [0.1, 0.15) is 0 Å². The molecule has 0 aromatic carbocycles. The van der Waals surface area contributed by atoms with Crippen LogP contribution in [-0.4, -0.2) is 20.7 Å². The zero-order chi connectivity index (χ0) is 11.4. The van der Waals surface area contributed by atoms with Crippen molar-refractivity contribution in [2.75, 3.05) is 0 Å². The van der Waals surface area contributed by atoms with Crippen LogP contribution >= 0.6 is 11.3 Å². The van der Waals surface area contributed by atoms with Crippen LogP contribution in [0, 0.1) is 0 Å². The molecule has 0 amide bonds. The summed E-state index contributed by atoms with van der Waals surface area (Å²) in [6.45, 7) is 6.28. The smallest absolute Gasteiger partial charge is 0.0934 e. The summed E-state index contributed by atoms with van der Waals surface area (Å²) >= 11 is 1.81. The summed E-state index contributed by atoms with van der Waals surface area (Å²) in [6, 6.07) is 6.77. The monoisotopic (exact) mass is 235 g/mol. The number of rotatable bonds is 5. The fraction of sp³-hybridized carbons (Fsp3) is 0.417. The lowest BCUT2D eigenvalue weighted by Gasteiger charge is -2.25. The van der Waals surface area contributed by atoms with Gasteiger partial charge in [-0.15, -0.1) is 11.3 Å². The molecule has 0 N–H and O–H groups in total. The first-order valence-corrected chi connectivity index (χ1v) is 6.37. The minimum absolute atomic E-state index is 0.520. The van der Waals surface area contributed by atoms with E-state index in [0.717, 1.165) is 13.2 Å². The second kappa shape index (κ2) is 5.27. The minimum Gasteiger partial charge on any atom is -0.277 e. The molecule has 0 saturated heterocycles. The maximum Gasteiger partial charge on any atom is 0.0934 e. The molecular formula is C12H17N3S. The highest BCUT2D eigenvalue weighted by molar-refractivity contribution is 7.09. The van der Waals surface area contributed by atoms with Gasteiger partial charge in [-0.1, -0.05) is 6.07 Å². The normalized spacial score (nSPS) is 11.5. The van der Waals surface area contributed by atoms with Gasteiger partial charge in [-0.3, -0.25) is 9.58 Å². The van der Waals surface area contributed by atoms with E-state index in [1.54, 1.807) is 0 Å². The van der Waals surface area contributed by atoms with Crippen LogP contribution < -0.4 is 0 Å². The molecule has 86 valence electrons. The Kier molecular flexibility index (Phi) is 3.74. The topological polar surface area (TPSA) is 21.1 Å². The summed E-state index contributed by atoms with van der Waals surface area (Å²) in [6.07, 6.45) is 3.83. The zero-order valence-electron chi connectivity index (χ0n) is 9.71. The predicted octanol–water partition coefficient (Wildman–Crippen LogP) is 2.81. The fourth-order valence-corrected chi connectivity index (χ4v) is 2.30.